The number of alkyl carbamates (subject to hydrolysis) is 1. The molecule has 2 aliphatic carbocycles. The molecule has 2 N–H and O–H groups in total. The standard InChI is InChI=1S/C20H32N2O5/c23-19(13-7-3-1-4-8-13)22-15-11-25-18-16(12-26-17(15)18)27-20(24)21-14-9-5-2-6-10-14/h13-18H,1-12H2,(H,21,24)(H,22,23). The highest BCUT2D eigenvalue weighted by Crippen LogP contribution is 2.30. The van der Waals surface area contributed by atoms with E-state index in [1.54, 1.807) is 0 Å². The summed E-state index contributed by atoms with van der Waals surface area (Å²) in [6.07, 6.45) is 9.74. The lowest BCUT2D eigenvalue weighted by Crippen LogP contribution is -2.47. The Morgan fingerprint density at radius 2 is 1.44 bits per heavy atom. The van der Waals surface area contributed by atoms with Crippen molar-refractivity contribution in [3.05, 3.63) is 0 Å². The van der Waals surface area contributed by atoms with Gasteiger partial charge in [-0.25, -0.2) is 4.79 Å². The van der Waals surface area contributed by atoms with Gasteiger partial charge in [-0.15, -0.1) is 0 Å². The van der Waals surface area contributed by atoms with Crippen molar-refractivity contribution in [2.45, 2.75) is 94.6 Å². The topological polar surface area (TPSA) is 85.9 Å². The van der Waals surface area contributed by atoms with Crippen LogP contribution in [0.1, 0.15) is 64.2 Å². The van der Waals surface area contributed by atoms with Gasteiger partial charge in [0.2, 0.25) is 5.91 Å². The van der Waals surface area contributed by atoms with Crippen LogP contribution in [0.2, 0.25) is 0 Å². The zero-order chi connectivity index (χ0) is 18.6. The summed E-state index contributed by atoms with van der Waals surface area (Å²) >= 11 is 0. The zero-order valence-corrected chi connectivity index (χ0v) is 16.0. The third-order valence-electron chi connectivity index (χ3n) is 6.50. The van der Waals surface area contributed by atoms with E-state index in [-0.39, 0.29) is 42.2 Å². The van der Waals surface area contributed by atoms with Crippen LogP contribution >= 0.6 is 0 Å². The lowest BCUT2D eigenvalue weighted by molar-refractivity contribution is -0.127. The molecule has 27 heavy (non-hydrogen) atoms. The molecule has 152 valence electrons. The van der Waals surface area contributed by atoms with Crippen LogP contribution in [0.3, 0.4) is 0 Å². The predicted molar refractivity (Wildman–Crippen MR) is 98.3 cm³/mol. The second kappa shape index (κ2) is 8.78. The van der Waals surface area contributed by atoms with Gasteiger partial charge in [-0.05, 0) is 25.7 Å². The normalized spacial score (nSPS) is 34.8. The van der Waals surface area contributed by atoms with Gasteiger partial charge in [0.15, 0.2) is 6.10 Å². The summed E-state index contributed by atoms with van der Waals surface area (Å²) in [5.41, 5.74) is 0. The van der Waals surface area contributed by atoms with Gasteiger partial charge >= 0.3 is 6.09 Å². The molecule has 0 bridgehead atoms. The van der Waals surface area contributed by atoms with Crippen molar-refractivity contribution in [3.8, 4) is 0 Å². The summed E-state index contributed by atoms with van der Waals surface area (Å²) in [5.74, 6) is 0.236. The molecule has 4 rings (SSSR count). The molecule has 4 fully saturated rings. The van der Waals surface area contributed by atoms with E-state index >= 15 is 0 Å². The van der Waals surface area contributed by atoms with Crippen LogP contribution in [-0.2, 0) is 19.0 Å². The first kappa shape index (κ1) is 19.0. The number of hydrogen-bond acceptors (Lipinski definition) is 5. The Morgan fingerprint density at radius 1 is 0.778 bits per heavy atom. The van der Waals surface area contributed by atoms with Crippen LogP contribution in [0.4, 0.5) is 4.79 Å². The Kier molecular flexibility index (Phi) is 6.18. The molecule has 0 spiro atoms. The molecule has 7 heteroatoms. The summed E-state index contributed by atoms with van der Waals surface area (Å²) < 4.78 is 17.3. The summed E-state index contributed by atoms with van der Waals surface area (Å²) in [6.45, 7) is 0.737. The first-order valence-corrected chi connectivity index (χ1v) is 10.7. The smallest absolute Gasteiger partial charge is 0.407 e. The number of fused-ring (bicyclic) bond motifs is 1. The number of rotatable bonds is 4. The van der Waals surface area contributed by atoms with E-state index in [1.807, 2.05) is 0 Å². The maximum absolute atomic E-state index is 12.5. The van der Waals surface area contributed by atoms with Gasteiger partial charge in [0.25, 0.3) is 0 Å². The number of amides is 2. The summed E-state index contributed by atoms with van der Waals surface area (Å²) in [7, 11) is 0. The molecule has 2 amide bonds. The fourth-order valence-corrected chi connectivity index (χ4v) is 4.94. The van der Waals surface area contributed by atoms with Crippen molar-refractivity contribution in [1.82, 2.24) is 10.6 Å². The minimum Gasteiger partial charge on any atom is -0.441 e. The van der Waals surface area contributed by atoms with Gasteiger partial charge in [-0.1, -0.05) is 38.5 Å². The number of nitrogens with one attached hydrogen (secondary N) is 2. The Balaban J connectivity index is 1.24. The molecule has 4 unspecified atom stereocenters. The lowest BCUT2D eigenvalue weighted by atomic mass is 9.88. The molecule has 4 atom stereocenters. The maximum atomic E-state index is 12.5. The van der Waals surface area contributed by atoms with Crippen molar-refractivity contribution >= 4 is 12.0 Å². The van der Waals surface area contributed by atoms with Gasteiger partial charge < -0.3 is 24.8 Å². The molecule has 0 aromatic rings. The highest BCUT2D eigenvalue weighted by molar-refractivity contribution is 5.79. The molecule has 2 saturated heterocycles. The SMILES string of the molecule is O=C(NC1CCCCC1)OC1COC2C(NC(=O)C3CCCCC3)COC12. The average Bonchev–Trinajstić information content (AvgIpc) is 3.27. The van der Waals surface area contributed by atoms with Crippen LogP contribution in [0.5, 0.6) is 0 Å². The van der Waals surface area contributed by atoms with Crippen molar-refractivity contribution in [1.29, 1.82) is 0 Å². The molecular formula is C20H32N2O5. The van der Waals surface area contributed by atoms with Crippen LogP contribution in [0.25, 0.3) is 0 Å². The molecule has 7 nitrogen and oxygen atoms in total. The number of ether oxygens (including phenoxy) is 3. The third-order valence-corrected chi connectivity index (χ3v) is 6.50. The van der Waals surface area contributed by atoms with Crippen LogP contribution in [0, 0.1) is 5.92 Å². The molecule has 2 heterocycles. The highest BCUT2D eigenvalue weighted by atomic mass is 16.6. The van der Waals surface area contributed by atoms with Crippen molar-refractivity contribution in [2.24, 2.45) is 5.92 Å². The summed E-state index contributed by atoms with van der Waals surface area (Å²) in [6, 6.07) is 0.0656. The lowest BCUT2D eigenvalue weighted by Gasteiger charge is -2.24. The minimum atomic E-state index is -0.407. The van der Waals surface area contributed by atoms with Crippen LogP contribution in [0.15, 0.2) is 0 Å². The van der Waals surface area contributed by atoms with Gasteiger partial charge in [0, 0.05) is 12.0 Å². The van der Waals surface area contributed by atoms with Crippen molar-refractivity contribution < 1.29 is 23.8 Å². The van der Waals surface area contributed by atoms with E-state index in [0.29, 0.717) is 13.2 Å². The van der Waals surface area contributed by atoms with Crippen LogP contribution in [-0.4, -0.2) is 55.6 Å². The zero-order valence-electron chi connectivity index (χ0n) is 16.0. The van der Waals surface area contributed by atoms with Crippen molar-refractivity contribution in [3.63, 3.8) is 0 Å². The Hall–Kier alpha value is -1.34. The number of carbonyl (C=O) groups is 2. The first-order valence-electron chi connectivity index (χ1n) is 10.7. The van der Waals surface area contributed by atoms with Gasteiger partial charge in [-0.3, -0.25) is 4.79 Å². The fourth-order valence-electron chi connectivity index (χ4n) is 4.94. The fraction of sp³-hybridized carbons (Fsp3) is 0.900. The number of carbonyl (C=O) groups excluding carboxylic acids is 2. The molecule has 2 aliphatic heterocycles. The molecule has 4 aliphatic rings. The second-order valence-electron chi connectivity index (χ2n) is 8.47. The molecular weight excluding hydrogens is 348 g/mol. The quantitative estimate of drug-likeness (QED) is 0.781. The molecule has 0 aromatic carbocycles. The summed E-state index contributed by atoms with van der Waals surface area (Å²) in [5, 5.41) is 6.08. The van der Waals surface area contributed by atoms with E-state index in [1.165, 1.54) is 12.8 Å². The van der Waals surface area contributed by atoms with E-state index in [4.69, 9.17) is 14.2 Å². The van der Waals surface area contributed by atoms with Crippen LogP contribution < -0.4 is 10.6 Å². The van der Waals surface area contributed by atoms with E-state index < -0.39 is 6.10 Å². The first-order chi connectivity index (χ1) is 13.2. The highest BCUT2D eigenvalue weighted by Gasteiger charge is 2.50. The second-order valence-corrected chi connectivity index (χ2v) is 8.47. The van der Waals surface area contributed by atoms with Gasteiger partial charge in [0.05, 0.1) is 19.3 Å². The predicted octanol–water partition coefficient (Wildman–Crippen LogP) is 2.28. The van der Waals surface area contributed by atoms with Crippen molar-refractivity contribution in [2.75, 3.05) is 13.2 Å². The number of hydrogen-bond donors (Lipinski definition) is 2. The molecule has 0 radical (unpaired) electrons. The molecule has 2 saturated carbocycles. The molecule has 0 aromatic heterocycles. The maximum Gasteiger partial charge on any atom is 0.407 e. The Bertz CT molecular complexity index is 530. The van der Waals surface area contributed by atoms with E-state index in [9.17, 15) is 9.59 Å². The average molecular weight is 380 g/mol. The Labute approximate surface area is 160 Å². The Morgan fingerprint density at radius 3 is 2.19 bits per heavy atom. The third kappa shape index (κ3) is 4.57. The summed E-state index contributed by atoms with van der Waals surface area (Å²) in [4.78, 5) is 24.7. The largest absolute Gasteiger partial charge is 0.441 e. The van der Waals surface area contributed by atoms with E-state index in [0.717, 1.165) is 51.4 Å². The van der Waals surface area contributed by atoms with E-state index in [2.05, 4.69) is 10.6 Å². The van der Waals surface area contributed by atoms with Gasteiger partial charge in [0.1, 0.15) is 12.2 Å². The monoisotopic (exact) mass is 380 g/mol. The van der Waals surface area contributed by atoms with Gasteiger partial charge in [-0.2, -0.15) is 0 Å². The minimum absolute atomic E-state index is 0.118.